The number of halogens is 1. The van der Waals surface area contributed by atoms with E-state index in [1.165, 1.54) is 57.5 Å². The van der Waals surface area contributed by atoms with Gasteiger partial charge in [0.25, 0.3) is 5.91 Å². The van der Waals surface area contributed by atoms with Crippen molar-refractivity contribution in [3.05, 3.63) is 71.8 Å². The van der Waals surface area contributed by atoms with Gasteiger partial charge in [0, 0.05) is 69.4 Å². The number of likely N-dealkylation sites (tertiary alicyclic amines) is 2. The van der Waals surface area contributed by atoms with Crippen LogP contribution in [0.4, 0.5) is 0 Å². The monoisotopic (exact) mass is 657 g/mol. The molecule has 0 aliphatic carbocycles. The second-order valence-corrected chi connectivity index (χ2v) is 13.0. The Kier molecular flexibility index (Phi) is 9.96. The van der Waals surface area contributed by atoms with Gasteiger partial charge in [0.15, 0.2) is 0 Å². The number of benzene rings is 1. The van der Waals surface area contributed by atoms with E-state index < -0.39 is 0 Å². The van der Waals surface area contributed by atoms with Crippen LogP contribution in [0.1, 0.15) is 60.7 Å². The molecule has 1 spiro atoms. The van der Waals surface area contributed by atoms with Gasteiger partial charge in [0.05, 0.1) is 4.55 Å². The zero-order valence-electron chi connectivity index (χ0n) is 24.0. The summed E-state index contributed by atoms with van der Waals surface area (Å²) in [6.07, 6.45) is 12.8. The highest BCUT2D eigenvalue weighted by atomic mass is 127. The molecule has 216 valence electrons. The molecular formula is C31H44IN7O. The van der Waals surface area contributed by atoms with Gasteiger partial charge in [0.1, 0.15) is 11.6 Å². The molecule has 0 unspecified atom stereocenters. The zero-order valence-corrected chi connectivity index (χ0v) is 26.1. The standard InChI is InChI=1S/C31H44IN7O/c1-24(2)19-37-14-7-31(8-15-37)9-16-38(22-31)20-25-3-5-27(6-4-25)30(40)39(23-32)21-26(17-28-33-10-11-34-28)18-29-35-12-13-36-29/h3-6,10-13,24,26H,7-9,14-23H2,1-2H3,(H,33,34)(H,35,36). The van der Waals surface area contributed by atoms with Crippen LogP contribution in [0.3, 0.4) is 0 Å². The summed E-state index contributed by atoms with van der Waals surface area (Å²) in [6, 6.07) is 8.33. The van der Waals surface area contributed by atoms with Gasteiger partial charge in [-0.2, -0.15) is 0 Å². The van der Waals surface area contributed by atoms with E-state index in [4.69, 9.17) is 0 Å². The quantitative estimate of drug-likeness (QED) is 0.163. The molecule has 2 N–H and O–H groups in total. The van der Waals surface area contributed by atoms with E-state index in [0.29, 0.717) is 16.5 Å². The van der Waals surface area contributed by atoms with Crippen LogP contribution in [0, 0.1) is 17.3 Å². The minimum absolute atomic E-state index is 0.0816. The van der Waals surface area contributed by atoms with Gasteiger partial charge in [-0.3, -0.25) is 9.69 Å². The fraction of sp³-hybridized carbons (Fsp3) is 0.581. The summed E-state index contributed by atoms with van der Waals surface area (Å²) in [4.78, 5) is 36.0. The maximum absolute atomic E-state index is 13.5. The predicted octanol–water partition coefficient (Wildman–Crippen LogP) is 5.01. The van der Waals surface area contributed by atoms with E-state index >= 15 is 0 Å². The first kappa shape index (κ1) is 29.3. The molecule has 2 fully saturated rings. The highest BCUT2D eigenvalue weighted by Crippen LogP contribution is 2.41. The zero-order chi connectivity index (χ0) is 28.0. The Morgan fingerprint density at radius 3 is 2.10 bits per heavy atom. The Hall–Kier alpha value is -2.24. The van der Waals surface area contributed by atoms with E-state index in [1.54, 1.807) is 12.4 Å². The second kappa shape index (κ2) is 13.6. The van der Waals surface area contributed by atoms with Crippen LogP contribution in [0.25, 0.3) is 0 Å². The lowest BCUT2D eigenvalue weighted by Crippen LogP contribution is -2.42. The van der Waals surface area contributed by atoms with Crippen molar-refractivity contribution >= 4 is 28.5 Å². The van der Waals surface area contributed by atoms with Crippen molar-refractivity contribution in [3.8, 4) is 0 Å². The number of carbonyl (C=O) groups excluding carboxylic acids is 1. The minimum Gasteiger partial charge on any atom is -0.349 e. The summed E-state index contributed by atoms with van der Waals surface area (Å²) >= 11 is 2.30. The number of nitrogens with one attached hydrogen (secondary N) is 2. The molecule has 5 rings (SSSR count). The summed E-state index contributed by atoms with van der Waals surface area (Å²) in [5.41, 5.74) is 2.55. The molecule has 2 aliphatic heterocycles. The van der Waals surface area contributed by atoms with Crippen molar-refractivity contribution in [1.29, 1.82) is 0 Å². The summed E-state index contributed by atoms with van der Waals surface area (Å²) in [7, 11) is 0. The summed E-state index contributed by atoms with van der Waals surface area (Å²) in [5, 5.41) is 0. The highest BCUT2D eigenvalue weighted by molar-refractivity contribution is 14.1. The lowest BCUT2D eigenvalue weighted by Gasteiger charge is -2.40. The number of amides is 1. The number of aromatic nitrogens is 4. The van der Waals surface area contributed by atoms with Gasteiger partial charge in [0.2, 0.25) is 0 Å². The lowest BCUT2D eigenvalue weighted by atomic mass is 9.77. The molecule has 40 heavy (non-hydrogen) atoms. The number of piperidine rings is 1. The molecule has 2 saturated heterocycles. The number of carbonyl (C=O) groups is 1. The van der Waals surface area contributed by atoms with Crippen molar-refractivity contribution in [2.75, 3.05) is 43.8 Å². The number of hydrogen-bond donors (Lipinski definition) is 2. The van der Waals surface area contributed by atoms with Gasteiger partial charge in [-0.05, 0) is 73.8 Å². The predicted molar refractivity (Wildman–Crippen MR) is 167 cm³/mol. The smallest absolute Gasteiger partial charge is 0.254 e. The first-order valence-electron chi connectivity index (χ1n) is 14.8. The normalized spacial score (nSPS) is 17.8. The largest absolute Gasteiger partial charge is 0.349 e. The third kappa shape index (κ3) is 7.73. The average molecular weight is 658 g/mol. The fourth-order valence-corrected chi connectivity index (χ4v) is 7.14. The molecule has 1 amide bonds. The first-order valence-corrected chi connectivity index (χ1v) is 16.3. The molecule has 0 radical (unpaired) electrons. The molecule has 2 aliphatic rings. The van der Waals surface area contributed by atoms with Crippen molar-refractivity contribution in [3.63, 3.8) is 0 Å². The van der Waals surface area contributed by atoms with E-state index in [1.807, 2.05) is 29.4 Å². The van der Waals surface area contributed by atoms with E-state index in [-0.39, 0.29) is 11.8 Å². The molecule has 4 heterocycles. The van der Waals surface area contributed by atoms with Crippen molar-refractivity contribution in [2.24, 2.45) is 17.3 Å². The molecule has 0 atom stereocenters. The number of imidazole rings is 2. The number of hydrogen-bond acceptors (Lipinski definition) is 5. The fourth-order valence-electron chi connectivity index (χ4n) is 6.56. The van der Waals surface area contributed by atoms with Crippen LogP contribution in [0.5, 0.6) is 0 Å². The molecular weight excluding hydrogens is 613 g/mol. The lowest BCUT2D eigenvalue weighted by molar-refractivity contribution is 0.0765. The Morgan fingerprint density at radius 2 is 1.57 bits per heavy atom. The SMILES string of the molecule is CC(C)CN1CCC2(CC1)CCN(Cc1ccc(C(=O)N(CI)CC(Cc3ncc[nH]3)Cc3ncc[nH]3)cc1)C2. The maximum Gasteiger partial charge on any atom is 0.254 e. The van der Waals surface area contributed by atoms with Crippen molar-refractivity contribution in [2.45, 2.75) is 52.5 Å². The first-order chi connectivity index (χ1) is 19.4. The summed E-state index contributed by atoms with van der Waals surface area (Å²) in [6.45, 7) is 12.4. The third-order valence-corrected chi connectivity index (χ3v) is 9.47. The third-order valence-electron chi connectivity index (χ3n) is 8.65. The molecule has 8 nitrogen and oxygen atoms in total. The second-order valence-electron chi connectivity index (χ2n) is 12.3. The van der Waals surface area contributed by atoms with Gasteiger partial charge >= 0.3 is 0 Å². The number of alkyl halides is 1. The van der Waals surface area contributed by atoms with Crippen LogP contribution in [-0.2, 0) is 19.4 Å². The van der Waals surface area contributed by atoms with E-state index in [9.17, 15) is 4.79 Å². The van der Waals surface area contributed by atoms with Gasteiger partial charge in [-0.1, -0.05) is 48.6 Å². The van der Waals surface area contributed by atoms with Crippen LogP contribution >= 0.6 is 22.6 Å². The molecule has 9 heteroatoms. The highest BCUT2D eigenvalue weighted by Gasteiger charge is 2.40. The number of nitrogens with zero attached hydrogens (tertiary/aromatic N) is 5. The minimum atomic E-state index is 0.0816. The molecule has 1 aromatic carbocycles. The van der Waals surface area contributed by atoms with Gasteiger partial charge < -0.3 is 19.8 Å². The molecule has 3 aromatic rings. The molecule has 0 bridgehead atoms. The van der Waals surface area contributed by atoms with Crippen LogP contribution in [-0.4, -0.2) is 84.4 Å². The topological polar surface area (TPSA) is 84.2 Å². The Labute approximate surface area is 252 Å². The number of rotatable bonds is 12. The Bertz CT molecular complexity index is 1130. The average Bonchev–Trinajstić information content (AvgIpc) is 3.73. The van der Waals surface area contributed by atoms with E-state index in [2.05, 4.69) is 78.3 Å². The maximum atomic E-state index is 13.5. The van der Waals surface area contributed by atoms with Crippen LogP contribution in [0.2, 0.25) is 0 Å². The summed E-state index contributed by atoms with van der Waals surface area (Å²) < 4.78 is 0.635. The Balaban J connectivity index is 1.15. The molecule has 0 saturated carbocycles. The summed E-state index contributed by atoms with van der Waals surface area (Å²) in [5.74, 6) is 2.91. The molecule has 2 aromatic heterocycles. The van der Waals surface area contributed by atoms with Gasteiger partial charge in [-0.15, -0.1) is 0 Å². The van der Waals surface area contributed by atoms with E-state index in [0.717, 1.165) is 42.5 Å². The van der Waals surface area contributed by atoms with Crippen LogP contribution < -0.4 is 0 Å². The van der Waals surface area contributed by atoms with Crippen LogP contribution in [0.15, 0.2) is 49.1 Å². The van der Waals surface area contributed by atoms with Gasteiger partial charge in [-0.25, -0.2) is 9.97 Å². The van der Waals surface area contributed by atoms with Crippen molar-refractivity contribution in [1.82, 2.24) is 34.6 Å². The Morgan fingerprint density at radius 1 is 0.975 bits per heavy atom. The number of aromatic amines is 2. The number of H-pyrrole nitrogens is 2. The van der Waals surface area contributed by atoms with Crippen molar-refractivity contribution < 1.29 is 4.79 Å².